The highest BCUT2D eigenvalue weighted by Crippen LogP contribution is 2.40. The summed E-state index contributed by atoms with van der Waals surface area (Å²) in [6, 6.07) is 4.23. The van der Waals surface area contributed by atoms with E-state index >= 15 is 0 Å². The van der Waals surface area contributed by atoms with Gasteiger partial charge in [-0.15, -0.1) is 10.2 Å². The summed E-state index contributed by atoms with van der Waals surface area (Å²) in [5, 5.41) is 19.7. The Morgan fingerprint density at radius 1 is 1.21 bits per heavy atom. The number of anilines is 1. The number of phenols is 1. The maximum Gasteiger partial charge on any atom is 0.245 e. The lowest BCUT2D eigenvalue weighted by atomic mass is 9.92. The van der Waals surface area contributed by atoms with Crippen molar-refractivity contribution in [3.63, 3.8) is 0 Å². The lowest BCUT2D eigenvalue weighted by Gasteiger charge is -2.37. The molecule has 2 saturated heterocycles. The number of benzene rings is 1. The number of likely N-dealkylation sites (N-methyl/N-ethyl adjacent to an activating group) is 1. The predicted octanol–water partition coefficient (Wildman–Crippen LogP) is 2.41. The van der Waals surface area contributed by atoms with Gasteiger partial charge in [0.2, 0.25) is 5.95 Å². The second-order valence-electron chi connectivity index (χ2n) is 8.07. The van der Waals surface area contributed by atoms with E-state index in [0.29, 0.717) is 23.9 Å². The molecule has 4 heterocycles. The molecule has 0 spiro atoms. The fraction of sp³-hybridized carbons (Fsp3) is 0.571. The maximum absolute atomic E-state index is 10.7. The molecule has 0 aliphatic carbocycles. The molecule has 3 aliphatic rings. The normalized spacial score (nSPS) is 24.1. The fourth-order valence-corrected chi connectivity index (χ4v) is 4.95. The molecule has 0 bridgehead atoms. The van der Waals surface area contributed by atoms with Gasteiger partial charge in [0.25, 0.3) is 0 Å². The van der Waals surface area contributed by atoms with Gasteiger partial charge in [-0.25, -0.2) is 4.98 Å². The third-order valence-corrected chi connectivity index (χ3v) is 6.61. The molecule has 3 aliphatic heterocycles. The number of fused-ring (bicyclic) bond motifs is 2. The van der Waals surface area contributed by atoms with Crippen LogP contribution in [0.3, 0.4) is 0 Å². The monoisotopic (exact) mass is 381 g/mol. The minimum Gasteiger partial charge on any atom is -0.507 e. The summed E-state index contributed by atoms with van der Waals surface area (Å²) in [6.45, 7) is 9.15. The highest BCUT2D eigenvalue weighted by Gasteiger charge is 2.39. The summed E-state index contributed by atoms with van der Waals surface area (Å²) in [5.41, 5.74) is 2.98. The van der Waals surface area contributed by atoms with E-state index in [4.69, 9.17) is 9.72 Å². The van der Waals surface area contributed by atoms with Crippen LogP contribution in [0.4, 0.5) is 5.95 Å². The smallest absolute Gasteiger partial charge is 0.245 e. The molecule has 0 radical (unpaired) electrons. The average Bonchev–Trinajstić information content (AvgIpc) is 3.35. The van der Waals surface area contributed by atoms with Gasteiger partial charge in [-0.05, 0) is 50.9 Å². The number of hydrogen-bond donors (Lipinski definition) is 1. The van der Waals surface area contributed by atoms with E-state index in [2.05, 4.69) is 26.9 Å². The van der Waals surface area contributed by atoms with Crippen molar-refractivity contribution in [1.82, 2.24) is 20.1 Å². The number of aromatic nitrogens is 3. The summed E-state index contributed by atoms with van der Waals surface area (Å²) in [7, 11) is 0. The maximum atomic E-state index is 10.7. The summed E-state index contributed by atoms with van der Waals surface area (Å²) < 4.78 is 5.53. The van der Waals surface area contributed by atoms with E-state index in [1.807, 2.05) is 19.1 Å². The van der Waals surface area contributed by atoms with Gasteiger partial charge in [-0.3, -0.25) is 0 Å². The lowest BCUT2D eigenvalue weighted by molar-refractivity contribution is 0.181. The Morgan fingerprint density at radius 3 is 2.89 bits per heavy atom. The third-order valence-electron chi connectivity index (χ3n) is 6.61. The van der Waals surface area contributed by atoms with Crippen molar-refractivity contribution in [3.05, 3.63) is 23.4 Å². The molecular weight excluding hydrogens is 354 g/mol. The number of ether oxygens (including phenoxy) is 1. The van der Waals surface area contributed by atoms with E-state index < -0.39 is 0 Å². The first-order valence-electron chi connectivity index (χ1n) is 10.3. The Hall–Kier alpha value is -2.41. The van der Waals surface area contributed by atoms with E-state index in [1.165, 1.54) is 19.4 Å². The second-order valence-corrected chi connectivity index (χ2v) is 8.07. The first-order chi connectivity index (χ1) is 13.7. The molecule has 1 N–H and O–H groups in total. The van der Waals surface area contributed by atoms with Crippen LogP contribution >= 0.6 is 0 Å². The van der Waals surface area contributed by atoms with Crippen molar-refractivity contribution < 1.29 is 9.84 Å². The molecule has 2 aromatic rings. The van der Waals surface area contributed by atoms with Crippen molar-refractivity contribution in [2.24, 2.45) is 5.92 Å². The van der Waals surface area contributed by atoms with Crippen LogP contribution in [0.2, 0.25) is 0 Å². The lowest BCUT2D eigenvalue weighted by Crippen LogP contribution is -2.48. The highest BCUT2D eigenvalue weighted by molar-refractivity contribution is 5.72. The van der Waals surface area contributed by atoms with Crippen LogP contribution in [0.5, 0.6) is 11.5 Å². The quantitative estimate of drug-likeness (QED) is 0.875. The number of piperidine rings is 1. The first kappa shape index (κ1) is 17.7. The van der Waals surface area contributed by atoms with Crippen molar-refractivity contribution in [2.45, 2.75) is 39.2 Å². The molecule has 148 valence electrons. The van der Waals surface area contributed by atoms with Crippen LogP contribution in [-0.2, 0) is 6.42 Å². The Labute approximate surface area is 165 Å². The number of rotatable bonds is 3. The zero-order valence-corrected chi connectivity index (χ0v) is 16.6. The number of hydrogen-bond acceptors (Lipinski definition) is 7. The molecule has 28 heavy (non-hydrogen) atoms. The molecule has 1 aromatic heterocycles. The van der Waals surface area contributed by atoms with Crippen LogP contribution in [-0.4, -0.2) is 64.0 Å². The molecule has 2 fully saturated rings. The zero-order valence-electron chi connectivity index (χ0n) is 16.6. The third kappa shape index (κ3) is 2.80. The molecule has 2 atom stereocenters. The second kappa shape index (κ2) is 6.88. The van der Waals surface area contributed by atoms with Gasteiger partial charge in [0, 0.05) is 36.7 Å². The van der Waals surface area contributed by atoms with E-state index in [9.17, 15) is 5.11 Å². The molecule has 0 saturated carbocycles. The largest absolute Gasteiger partial charge is 0.507 e. The Kier molecular flexibility index (Phi) is 4.34. The van der Waals surface area contributed by atoms with Gasteiger partial charge < -0.3 is 19.6 Å². The minimum absolute atomic E-state index is 0.244. The van der Waals surface area contributed by atoms with Crippen molar-refractivity contribution in [1.29, 1.82) is 0 Å². The topological polar surface area (TPSA) is 74.6 Å². The summed E-state index contributed by atoms with van der Waals surface area (Å²) >= 11 is 0. The number of aryl methyl sites for hydroxylation is 1. The Bertz CT molecular complexity index is 903. The number of nitrogens with zero attached hydrogens (tertiary/aromatic N) is 5. The van der Waals surface area contributed by atoms with E-state index in [-0.39, 0.29) is 5.75 Å². The number of aromatic hydroxyl groups is 1. The summed E-state index contributed by atoms with van der Waals surface area (Å²) in [6.07, 6.45) is 3.18. The molecule has 7 heteroatoms. The SMILES string of the molecule is CCN1CC[C@@H]2CCN(c3nnc(-c4ccc5c(c4O)CCO5)c(C)n3)[C@@H]2C1. The van der Waals surface area contributed by atoms with Gasteiger partial charge >= 0.3 is 0 Å². The van der Waals surface area contributed by atoms with Crippen LogP contribution in [0.15, 0.2) is 12.1 Å². The first-order valence-corrected chi connectivity index (χ1v) is 10.3. The summed E-state index contributed by atoms with van der Waals surface area (Å²) in [5.74, 6) is 2.45. The molecular formula is C21H27N5O2. The Balaban J connectivity index is 1.45. The average molecular weight is 381 g/mol. The van der Waals surface area contributed by atoms with Gasteiger partial charge in [0.15, 0.2) is 0 Å². The van der Waals surface area contributed by atoms with E-state index in [1.54, 1.807) is 0 Å². The van der Waals surface area contributed by atoms with Gasteiger partial charge in [-0.2, -0.15) is 0 Å². The van der Waals surface area contributed by atoms with Gasteiger partial charge in [0.05, 0.1) is 12.3 Å². The van der Waals surface area contributed by atoms with Crippen molar-refractivity contribution in [2.75, 3.05) is 37.7 Å². The minimum atomic E-state index is 0.244. The van der Waals surface area contributed by atoms with Crippen LogP contribution in [0.25, 0.3) is 11.3 Å². The Morgan fingerprint density at radius 2 is 2.07 bits per heavy atom. The van der Waals surface area contributed by atoms with Gasteiger partial charge in [-0.1, -0.05) is 6.92 Å². The standard InChI is InChI=1S/C21H27N5O2/c1-3-25-9-6-14-7-10-26(17(14)12-25)21-22-13(2)19(23-24-21)16-4-5-18-15(20(16)27)8-11-28-18/h4-5,14,17,27H,3,6-12H2,1-2H3/t14-,17-/m1/s1. The number of phenolic OH excluding ortho intramolecular Hbond substituents is 1. The molecule has 5 rings (SSSR count). The van der Waals surface area contributed by atoms with Crippen LogP contribution in [0.1, 0.15) is 31.0 Å². The molecule has 7 nitrogen and oxygen atoms in total. The molecule has 1 aromatic carbocycles. The van der Waals surface area contributed by atoms with Crippen molar-refractivity contribution in [3.8, 4) is 22.8 Å². The summed E-state index contributed by atoms with van der Waals surface area (Å²) in [4.78, 5) is 9.65. The van der Waals surface area contributed by atoms with Crippen LogP contribution in [0, 0.1) is 12.8 Å². The van der Waals surface area contributed by atoms with Gasteiger partial charge in [0.1, 0.15) is 17.2 Å². The predicted molar refractivity (Wildman–Crippen MR) is 107 cm³/mol. The van der Waals surface area contributed by atoms with Crippen LogP contribution < -0.4 is 9.64 Å². The van der Waals surface area contributed by atoms with Crippen molar-refractivity contribution >= 4 is 5.95 Å². The molecule has 0 unspecified atom stereocenters. The number of likely N-dealkylation sites (tertiary alicyclic amines) is 1. The molecule has 0 amide bonds. The van der Waals surface area contributed by atoms with E-state index in [0.717, 1.165) is 54.9 Å². The highest BCUT2D eigenvalue weighted by atomic mass is 16.5. The fourth-order valence-electron chi connectivity index (χ4n) is 4.95. The zero-order chi connectivity index (χ0) is 19.3.